The summed E-state index contributed by atoms with van der Waals surface area (Å²) < 4.78 is 5.41. The number of nitrogens with zero attached hydrogens (tertiary/aromatic N) is 2. The summed E-state index contributed by atoms with van der Waals surface area (Å²) >= 11 is 0. The van der Waals surface area contributed by atoms with Gasteiger partial charge >= 0.3 is 0 Å². The molecule has 98 valence electrons. The number of aldehydes is 1. The predicted molar refractivity (Wildman–Crippen MR) is 67.1 cm³/mol. The van der Waals surface area contributed by atoms with Gasteiger partial charge < -0.3 is 14.4 Å². The monoisotopic (exact) mass is 240 g/mol. The molecule has 2 unspecified atom stereocenters. The van der Waals surface area contributed by atoms with E-state index in [-0.39, 0.29) is 5.41 Å². The normalized spacial score (nSPS) is 34.6. The van der Waals surface area contributed by atoms with Crippen molar-refractivity contribution in [1.29, 1.82) is 0 Å². The van der Waals surface area contributed by atoms with Gasteiger partial charge in [0.2, 0.25) is 0 Å². The summed E-state index contributed by atoms with van der Waals surface area (Å²) in [6.07, 6.45) is 4.54. The minimum Gasteiger partial charge on any atom is -0.380 e. The predicted octanol–water partition coefficient (Wildman–Crippen LogP) is 0.618. The number of likely N-dealkylation sites (N-methyl/N-ethyl adjacent to an activating group) is 1. The fourth-order valence-electron chi connectivity index (χ4n) is 3.01. The van der Waals surface area contributed by atoms with Gasteiger partial charge in [0.05, 0.1) is 12.0 Å². The van der Waals surface area contributed by atoms with Crippen LogP contribution in [0.1, 0.15) is 19.3 Å². The highest BCUT2D eigenvalue weighted by atomic mass is 16.5. The van der Waals surface area contributed by atoms with Gasteiger partial charge in [0.25, 0.3) is 0 Å². The molecule has 0 N–H and O–H groups in total. The zero-order chi connectivity index (χ0) is 12.3. The summed E-state index contributed by atoms with van der Waals surface area (Å²) in [5, 5.41) is 0. The fourth-order valence-corrected chi connectivity index (χ4v) is 3.01. The first-order chi connectivity index (χ1) is 8.15. The number of rotatable bonds is 5. The number of carbonyl (C=O) groups is 1. The highest BCUT2D eigenvalue weighted by Crippen LogP contribution is 2.30. The van der Waals surface area contributed by atoms with Crippen molar-refractivity contribution in [3.05, 3.63) is 0 Å². The van der Waals surface area contributed by atoms with E-state index in [0.29, 0.717) is 12.6 Å². The van der Waals surface area contributed by atoms with E-state index in [4.69, 9.17) is 4.74 Å². The smallest absolute Gasteiger partial charge is 0.129 e. The first kappa shape index (κ1) is 13.0. The Morgan fingerprint density at radius 2 is 2.35 bits per heavy atom. The van der Waals surface area contributed by atoms with E-state index in [0.717, 1.165) is 38.9 Å². The first-order valence-electron chi connectivity index (χ1n) is 6.58. The molecular formula is C13H24N2O2. The van der Waals surface area contributed by atoms with E-state index in [1.165, 1.54) is 12.8 Å². The Kier molecular flexibility index (Phi) is 4.17. The van der Waals surface area contributed by atoms with E-state index in [2.05, 4.69) is 23.9 Å². The minimum absolute atomic E-state index is 0.227. The van der Waals surface area contributed by atoms with Gasteiger partial charge in [0.15, 0.2) is 0 Å². The molecule has 2 aliphatic rings. The second-order valence-electron chi connectivity index (χ2n) is 5.81. The summed E-state index contributed by atoms with van der Waals surface area (Å²) in [4.78, 5) is 16.1. The van der Waals surface area contributed by atoms with Crippen LogP contribution in [0, 0.1) is 5.41 Å². The maximum Gasteiger partial charge on any atom is 0.129 e. The summed E-state index contributed by atoms with van der Waals surface area (Å²) in [7, 11) is 4.23. The maximum absolute atomic E-state index is 11.3. The quantitative estimate of drug-likeness (QED) is 0.660. The van der Waals surface area contributed by atoms with Gasteiger partial charge in [-0.3, -0.25) is 4.90 Å². The molecule has 0 aromatic heterocycles. The molecular weight excluding hydrogens is 216 g/mol. The number of likely N-dealkylation sites (tertiary alicyclic amines) is 1. The van der Waals surface area contributed by atoms with Crippen molar-refractivity contribution < 1.29 is 9.53 Å². The topological polar surface area (TPSA) is 32.8 Å². The van der Waals surface area contributed by atoms with E-state index >= 15 is 0 Å². The number of ether oxygens (including phenoxy) is 1. The average molecular weight is 240 g/mol. The SMILES string of the molecule is CN(C)CC1CCCN1CC1(C=O)CCOC1. The zero-order valence-corrected chi connectivity index (χ0v) is 11.0. The Labute approximate surface area is 104 Å². The molecule has 2 aliphatic heterocycles. The molecule has 0 bridgehead atoms. The third kappa shape index (κ3) is 3.06. The third-order valence-electron chi connectivity index (χ3n) is 3.98. The summed E-state index contributed by atoms with van der Waals surface area (Å²) in [5.74, 6) is 0. The first-order valence-corrected chi connectivity index (χ1v) is 6.58. The van der Waals surface area contributed by atoms with Crippen molar-refractivity contribution in [1.82, 2.24) is 9.80 Å². The lowest BCUT2D eigenvalue weighted by atomic mass is 9.88. The summed E-state index contributed by atoms with van der Waals surface area (Å²) in [6, 6.07) is 0.613. The van der Waals surface area contributed by atoms with Gasteiger partial charge in [-0.2, -0.15) is 0 Å². The third-order valence-corrected chi connectivity index (χ3v) is 3.98. The molecule has 0 radical (unpaired) electrons. The van der Waals surface area contributed by atoms with Gasteiger partial charge in [-0.25, -0.2) is 0 Å². The molecule has 4 nitrogen and oxygen atoms in total. The van der Waals surface area contributed by atoms with Crippen LogP contribution in [0.3, 0.4) is 0 Å². The van der Waals surface area contributed by atoms with E-state index in [9.17, 15) is 4.79 Å². The lowest BCUT2D eigenvalue weighted by Gasteiger charge is -2.32. The number of hydrogen-bond donors (Lipinski definition) is 0. The molecule has 2 saturated heterocycles. The molecule has 0 spiro atoms. The number of hydrogen-bond acceptors (Lipinski definition) is 4. The average Bonchev–Trinajstić information content (AvgIpc) is 2.90. The van der Waals surface area contributed by atoms with E-state index in [1.807, 2.05) is 0 Å². The van der Waals surface area contributed by atoms with Gasteiger partial charge in [0, 0.05) is 25.7 Å². The Balaban J connectivity index is 1.94. The highest BCUT2D eigenvalue weighted by molar-refractivity contribution is 5.60. The van der Waals surface area contributed by atoms with Crippen LogP contribution in [0.4, 0.5) is 0 Å². The molecule has 0 aliphatic carbocycles. The minimum atomic E-state index is -0.227. The van der Waals surface area contributed by atoms with Crippen molar-refractivity contribution in [3.63, 3.8) is 0 Å². The van der Waals surface area contributed by atoms with Crippen molar-refractivity contribution in [3.8, 4) is 0 Å². The van der Waals surface area contributed by atoms with Crippen LogP contribution >= 0.6 is 0 Å². The summed E-state index contributed by atoms with van der Waals surface area (Å²) in [5.41, 5.74) is -0.227. The van der Waals surface area contributed by atoms with E-state index < -0.39 is 0 Å². The molecule has 17 heavy (non-hydrogen) atoms. The van der Waals surface area contributed by atoms with E-state index in [1.54, 1.807) is 0 Å². The zero-order valence-electron chi connectivity index (χ0n) is 11.0. The standard InChI is InChI=1S/C13H24N2O2/c1-14(2)8-12-4-3-6-15(12)9-13(10-16)5-7-17-11-13/h10,12H,3-9,11H2,1-2H3. The molecule has 0 aromatic carbocycles. The second kappa shape index (κ2) is 5.46. The Morgan fingerprint density at radius 1 is 1.53 bits per heavy atom. The largest absolute Gasteiger partial charge is 0.380 e. The molecule has 2 heterocycles. The van der Waals surface area contributed by atoms with Crippen LogP contribution in [-0.4, -0.2) is 69.1 Å². The molecule has 0 aromatic rings. The molecule has 2 rings (SSSR count). The van der Waals surface area contributed by atoms with Crippen LogP contribution in [0.2, 0.25) is 0 Å². The van der Waals surface area contributed by atoms with Gasteiger partial charge in [-0.05, 0) is 39.9 Å². The molecule has 2 atom stereocenters. The second-order valence-corrected chi connectivity index (χ2v) is 5.81. The number of carbonyl (C=O) groups excluding carboxylic acids is 1. The lowest BCUT2D eigenvalue weighted by molar-refractivity contribution is -0.117. The van der Waals surface area contributed by atoms with Crippen LogP contribution in [0.15, 0.2) is 0 Å². The summed E-state index contributed by atoms with van der Waals surface area (Å²) in [6.45, 7) is 4.46. The Hall–Kier alpha value is -0.450. The molecule has 0 saturated carbocycles. The van der Waals surface area contributed by atoms with Crippen molar-refractivity contribution in [2.24, 2.45) is 5.41 Å². The molecule has 0 amide bonds. The Bertz CT molecular complexity index is 262. The Morgan fingerprint density at radius 3 is 2.94 bits per heavy atom. The van der Waals surface area contributed by atoms with Gasteiger partial charge in [-0.1, -0.05) is 0 Å². The van der Waals surface area contributed by atoms with Crippen molar-refractivity contribution >= 4 is 6.29 Å². The van der Waals surface area contributed by atoms with Crippen LogP contribution in [0.25, 0.3) is 0 Å². The van der Waals surface area contributed by atoms with Gasteiger partial charge in [0.1, 0.15) is 6.29 Å². The molecule has 4 heteroatoms. The fraction of sp³-hybridized carbons (Fsp3) is 0.923. The van der Waals surface area contributed by atoms with Crippen LogP contribution < -0.4 is 0 Å². The maximum atomic E-state index is 11.3. The van der Waals surface area contributed by atoms with Crippen LogP contribution in [0.5, 0.6) is 0 Å². The van der Waals surface area contributed by atoms with Crippen LogP contribution in [-0.2, 0) is 9.53 Å². The lowest BCUT2D eigenvalue weighted by Crippen LogP contribution is -2.45. The highest BCUT2D eigenvalue weighted by Gasteiger charge is 2.39. The molecule has 2 fully saturated rings. The van der Waals surface area contributed by atoms with Crippen molar-refractivity contribution in [2.75, 3.05) is 46.9 Å². The van der Waals surface area contributed by atoms with Crippen molar-refractivity contribution in [2.45, 2.75) is 25.3 Å². The van der Waals surface area contributed by atoms with Gasteiger partial charge in [-0.15, -0.1) is 0 Å².